The largest absolute Gasteiger partial charge is 0.338 e. The van der Waals surface area contributed by atoms with Gasteiger partial charge in [-0.1, -0.05) is 23.7 Å². The topological polar surface area (TPSA) is 66.5 Å². The molecule has 1 amide bonds. The van der Waals surface area contributed by atoms with Crippen molar-refractivity contribution in [3.8, 4) is 0 Å². The van der Waals surface area contributed by atoms with E-state index in [9.17, 15) is 22.0 Å². The number of carbonyl (C=O) groups is 1. The number of piperidine rings is 1. The van der Waals surface area contributed by atoms with Crippen molar-refractivity contribution in [2.24, 2.45) is 0 Å². The molecule has 0 bridgehead atoms. The summed E-state index contributed by atoms with van der Waals surface area (Å²) in [6.45, 7) is 0.592. The smallest absolute Gasteiger partial charge is 0.256 e. The van der Waals surface area contributed by atoms with Gasteiger partial charge < -0.3 is 4.90 Å². The summed E-state index contributed by atoms with van der Waals surface area (Å²) in [7, 11) is -3.86. The fourth-order valence-corrected chi connectivity index (χ4v) is 4.51. The van der Waals surface area contributed by atoms with E-state index in [1.807, 2.05) is 0 Å². The van der Waals surface area contributed by atoms with E-state index in [4.69, 9.17) is 11.6 Å². The van der Waals surface area contributed by atoms with Crippen molar-refractivity contribution in [3.05, 3.63) is 64.7 Å². The second-order valence-electron chi connectivity index (χ2n) is 6.24. The Morgan fingerprint density at radius 1 is 1.07 bits per heavy atom. The quantitative estimate of drug-likeness (QED) is 0.835. The molecule has 1 saturated heterocycles. The predicted molar refractivity (Wildman–Crippen MR) is 97.1 cm³/mol. The van der Waals surface area contributed by atoms with Crippen LogP contribution in [-0.4, -0.2) is 38.4 Å². The summed E-state index contributed by atoms with van der Waals surface area (Å²) >= 11 is 5.65. The van der Waals surface area contributed by atoms with Gasteiger partial charge in [-0.05, 0) is 43.2 Å². The Morgan fingerprint density at radius 2 is 1.74 bits per heavy atom. The van der Waals surface area contributed by atoms with Crippen LogP contribution in [0.5, 0.6) is 0 Å². The molecule has 3 rings (SSSR count). The molecule has 0 spiro atoms. The zero-order chi connectivity index (χ0) is 19.6. The van der Waals surface area contributed by atoms with Gasteiger partial charge in [-0.3, -0.25) is 4.79 Å². The molecular weight excluding hydrogens is 398 g/mol. The van der Waals surface area contributed by atoms with Crippen LogP contribution < -0.4 is 4.72 Å². The molecule has 0 atom stereocenters. The van der Waals surface area contributed by atoms with Gasteiger partial charge in [0.2, 0.25) is 10.0 Å². The molecule has 1 N–H and O–H groups in total. The molecular formula is C18H17ClF2N2O3S. The number of halogens is 3. The Morgan fingerprint density at radius 3 is 2.37 bits per heavy atom. The monoisotopic (exact) mass is 414 g/mol. The van der Waals surface area contributed by atoms with Crippen molar-refractivity contribution < 1.29 is 22.0 Å². The van der Waals surface area contributed by atoms with E-state index in [0.29, 0.717) is 25.9 Å². The van der Waals surface area contributed by atoms with Gasteiger partial charge in [-0.15, -0.1) is 0 Å². The number of sulfonamides is 1. The first-order valence-corrected chi connectivity index (χ1v) is 10.2. The first-order chi connectivity index (χ1) is 12.8. The summed E-state index contributed by atoms with van der Waals surface area (Å²) in [5.41, 5.74) is -0.00233. The minimum atomic E-state index is -3.86. The predicted octanol–water partition coefficient (Wildman–Crippen LogP) is 3.20. The van der Waals surface area contributed by atoms with Crippen LogP contribution in [0.3, 0.4) is 0 Å². The van der Waals surface area contributed by atoms with Crippen molar-refractivity contribution in [2.45, 2.75) is 23.8 Å². The number of benzene rings is 2. The van der Waals surface area contributed by atoms with Crippen LogP contribution in [0.15, 0.2) is 47.4 Å². The first-order valence-electron chi connectivity index (χ1n) is 8.29. The lowest BCUT2D eigenvalue weighted by atomic mass is 10.0. The lowest BCUT2D eigenvalue weighted by Crippen LogP contribution is -2.46. The Hall–Kier alpha value is -2.03. The van der Waals surface area contributed by atoms with Crippen LogP contribution in [0, 0.1) is 11.6 Å². The van der Waals surface area contributed by atoms with E-state index in [1.54, 1.807) is 6.07 Å². The van der Waals surface area contributed by atoms with Crippen LogP contribution >= 0.6 is 11.6 Å². The van der Waals surface area contributed by atoms with Crippen molar-refractivity contribution in [1.29, 1.82) is 0 Å². The highest BCUT2D eigenvalue weighted by Crippen LogP contribution is 2.21. The molecule has 0 unspecified atom stereocenters. The normalized spacial score (nSPS) is 15.7. The summed E-state index contributed by atoms with van der Waals surface area (Å²) in [6.07, 6.45) is 0.767. The maximum Gasteiger partial charge on any atom is 0.256 e. The standard InChI is InChI=1S/C18H17ClF2N2O3S/c19-15-11-13(5-6-17(15)21)27(25,26)22-12-7-9-23(10-8-12)18(24)14-3-1-2-4-16(14)20/h1-6,11-12,22H,7-10H2. The SMILES string of the molecule is O=C(c1ccccc1F)N1CCC(NS(=O)(=O)c2ccc(F)c(Cl)c2)CC1. The third-order valence-electron chi connectivity index (χ3n) is 4.41. The van der Waals surface area contributed by atoms with Crippen LogP contribution in [0.1, 0.15) is 23.2 Å². The second kappa shape index (κ2) is 7.92. The molecule has 0 radical (unpaired) electrons. The molecule has 1 heterocycles. The Labute approximate surface area is 161 Å². The Bertz CT molecular complexity index is 961. The van der Waals surface area contributed by atoms with Crippen molar-refractivity contribution in [3.63, 3.8) is 0 Å². The molecule has 5 nitrogen and oxygen atoms in total. The molecule has 2 aromatic rings. The number of rotatable bonds is 4. The molecule has 0 saturated carbocycles. The van der Waals surface area contributed by atoms with E-state index in [0.717, 1.165) is 18.2 Å². The first kappa shape index (κ1) is 19.7. The van der Waals surface area contributed by atoms with Crippen LogP contribution in [0.2, 0.25) is 5.02 Å². The van der Waals surface area contributed by atoms with Gasteiger partial charge in [0, 0.05) is 19.1 Å². The molecule has 2 aromatic carbocycles. The minimum Gasteiger partial charge on any atom is -0.338 e. The average molecular weight is 415 g/mol. The van der Waals surface area contributed by atoms with E-state index in [-0.39, 0.29) is 21.5 Å². The van der Waals surface area contributed by atoms with Crippen molar-refractivity contribution >= 4 is 27.5 Å². The number of nitrogens with one attached hydrogen (secondary N) is 1. The fraction of sp³-hybridized carbons (Fsp3) is 0.278. The summed E-state index contributed by atoms with van der Waals surface area (Å²) in [5.74, 6) is -1.70. The molecule has 0 aliphatic carbocycles. The van der Waals surface area contributed by atoms with E-state index in [2.05, 4.69) is 4.72 Å². The molecule has 144 valence electrons. The minimum absolute atomic E-state index is 0.00233. The summed E-state index contributed by atoms with van der Waals surface area (Å²) < 4.78 is 54.4. The van der Waals surface area contributed by atoms with E-state index < -0.39 is 27.6 Å². The fourth-order valence-electron chi connectivity index (χ4n) is 2.94. The van der Waals surface area contributed by atoms with Crippen LogP contribution in [-0.2, 0) is 10.0 Å². The summed E-state index contributed by atoms with van der Waals surface area (Å²) in [6, 6.07) is 8.54. The molecule has 9 heteroatoms. The Balaban J connectivity index is 1.63. The molecule has 1 fully saturated rings. The van der Waals surface area contributed by atoms with Crippen LogP contribution in [0.4, 0.5) is 8.78 Å². The van der Waals surface area contributed by atoms with E-state index in [1.165, 1.54) is 23.1 Å². The third-order valence-corrected chi connectivity index (χ3v) is 6.22. The number of likely N-dealkylation sites (tertiary alicyclic amines) is 1. The van der Waals surface area contributed by atoms with Gasteiger partial charge in [0.15, 0.2) is 0 Å². The lowest BCUT2D eigenvalue weighted by molar-refractivity contribution is 0.0706. The van der Waals surface area contributed by atoms with Crippen LogP contribution in [0.25, 0.3) is 0 Å². The lowest BCUT2D eigenvalue weighted by Gasteiger charge is -2.32. The number of carbonyl (C=O) groups excluding carboxylic acids is 1. The van der Waals surface area contributed by atoms with E-state index >= 15 is 0 Å². The van der Waals surface area contributed by atoms with Gasteiger partial charge in [-0.25, -0.2) is 21.9 Å². The number of amides is 1. The molecule has 27 heavy (non-hydrogen) atoms. The maximum atomic E-state index is 13.8. The summed E-state index contributed by atoms with van der Waals surface area (Å²) in [5, 5.41) is -0.275. The van der Waals surface area contributed by atoms with Crippen molar-refractivity contribution in [1.82, 2.24) is 9.62 Å². The Kier molecular flexibility index (Phi) is 5.78. The van der Waals surface area contributed by atoms with Gasteiger partial charge in [0.05, 0.1) is 15.5 Å². The third kappa shape index (κ3) is 4.45. The van der Waals surface area contributed by atoms with Gasteiger partial charge in [-0.2, -0.15) is 0 Å². The number of hydrogen-bond donors (Lipinski definition) is 1. The molecule has 1 aliphatic heterocycles. The van der Waals surface area contributed by atoms with Crippen molar-refractivity contribution in [2.75, 3.05) is 13.1 Å². The average Bonchev–Trinajstić information content (AvgIpc) is 2.64. The zero-order valence-electron chi connectivity index (χ0n) is 14.2. The zero-order valence-corrected chi connectivity index (χ0v) is 15.7. The molecule has 1 aliphatic rings. The second-order valence-corrected chi connectivity index (χ2v) is 8.36. The van der Waals surface area contributed by atoms with Gasteiger partial charge in [0.25, 0.3) is 5.91 Å². The summed E-state index contributed by atoms with van der Waals surface area (Å²) in [4.78, 5) is 13.8. The van der Waals surface area contributed by atoms with Gasteiger partial charge in [0.1, 0.15) is 11.6 Å². The highest BCUT2D eigenvalue weighted by atomic mass is 35.5. The highest BCUT2D eigenvalue weighted by molar-refractivity contribution is 7.89. The number of nitrogens with zero attached hydrogens (tertiary/aromatic N) is 1. The van der Waals surface area contributed by atoms with Gasteiger partial charge >= 0.3 is 0 Å². The highest BCUT2D eigenvalue weighted by Gasteiger charge is 2.28. The molecule has 0 aromatic heterocycles. The maximum absolute atomic E-state index is 13.8. The number of hydrogen-bond acceptors (Lipinski definition) is 3.